The second-order valence-corrected chi connectivity index (χ2v) is 9.83. The zero-order valence-corrected chi connectivity index (χ0v) is 26.8. The Kier molecular flexibility index (Phi) is 15.4. The third kappa shape index (κ3) is 9.81. The molecule has 1 aliphatic rings. The van der Waals surface area contributed by atoms with Gasteiger partial charge in [-0.25, -0.2) is 0 Å². The molecule has 0 N–H and O–H groups in total. The van der Waals surface area contributed by atoms with Gasteiger partial charge < -0.3 is 10.1 Å². The summed E-state index contributed by atoms with van der Waals surface area (Å²) >= 11 is 0. The monoisotopic (exact) mass is 591 g/mol. The third-order valence-electron chi connectivity index (χ3n) is 7.14. The first kappa shape index (κ1) is 30.8. The molecule has 1 fully saturated rings. The van der Waals surface area contributed by atoms with Gasteiger partial charge in [-0.15, -0.1) is 13.1 Å². The predicted molar refractivity (Wildman–Crippen MR) is 149 cm³/mol. The minimum atomic E-state index is 0. The van der Waals surface area contributed by atoms with Crippen LogP contribution in [-0.2, 0) is 27.3 Å². The van der Waals surface area contributed by atoms with Crippen LogP contribution in [0, 0.1) is 0 Å². The Bertz CT molecular complexity index is 957. The molecule has 5 heteroatoms. The number of unbranched alkanes of at least 4 members (excludes halogenated alkanes) is 8. The van der Waals surface area contributed by atoms with E-state index in [-0.39, 0.29) is 33.2 Å². The van der Waals surface area contributed by atoms with Crippen LogP contribution in [0.25, 0.3) is 16.2 Å². The minimum Gasteiger partial charge on any atom is -0.662 e. The molecule has 3 rings (SSSR count). The average Bonchev–Trinajstić information content (AvgIpc) is 3.28. The van der Waals surface area contributed by atoms with Crippen molar-refractivity contribution in [3.63, 3.8) is 0 Å². The molecular formula is C31H45CdN2O2-. The first-order chi connectivity index (χ1) is 17.2. The van der Waals surface area contributed by atoms with Crippen LogP contribution in [0.5, 0.6) is 5.75 Å². The summed E-state index contributed by atoms with van der Waals surface area (Å²) < 4.78 is 7.37. The molecule has 0 aliphatic carbocycles. The van der Waals surface area contributed by atoms with Crippen LogP contribution in [0.1, 0.15) is 107 Å². The van der Waals surface area contributed by atoms with E-state index in [1.807, 2.05) is 16.7 Å². The van der Waals surface area contributed by atoms with Gasteiger partial charge in [-0.2, -0.15) is 0 Å². The average molecular weight is 590 g/mol. The molecule has 1 aliphatic heterocycles. The Morgan fingerprint density at radius 1 is 1.00 bits per heavy atom. The van der Waals surface area contributed by atoms with E-state index < -0.39 is 0 Å². The Balaban J connectivity index is 0.00000456. The number of hydrogen-bond donors (Lipinski definition) is 0. The molecule has 0 amide bonds. The zero-order chi connectivity index (χ0) is 24.7. The van der Waals surface area contributed by atoms with Gasteiger partial charge in [0.1, 0.15) is 5.75 Å². The molecule has 0 atom stereocenters. The molecule has 2 heterocycles. The van der Waals surface area contributed by atoms with Crippen molar-refractivity contribution in [2.24, 2.45) is 0 Å². The SMILES string of the molecule is CCCCC/C=C\C=C/CCCCCCCC(=O)n1cc(C2CC[N-]CC2)c2cc(OC)ccc21.[Cd]. The molecule has 2 aromatic rings. The Labute approximate surface area is 239 Å². The summed E-state index contributed by atoms with van der Waals surface area (Å²) in [5, 5.41) is 5.67. The van der Waals surface area contributed by atoms with E-state index in [4.69, 9.17) is 4.74 Å². The van der Waals surface area contributed by atoms with Crippen LogP contribution >= 0.6 is 0 Å². The fourth-order valence-electron chi connectivity index (χ4n) is 5.01. The van der Waals surface area contributed by atoms with E-state index in [0.29, 0.717) is 12.3 Å². The van der Waals surface area contributed by atoms with E-state index in [9.17, 15) is 4.79 Å². The molecular weight excluding hydrogens is 545 g/mol. The summed E-state index contributed by atoms with van der Waals surface area (Å²) in [5.41, 5.74) is 2.30. The zero-order valence-electron chi connectivity index (χ0n) is 22.7. The summed E-state index contributed by atoms with van der Waals surface area (Å²) in [4.78, 5) is 13.1. The molecule has 36 heavy (non-hydrogen) atoms. The summed E-state index contributed by atoms with van der Waals surface area (Å²) in [6.07, 6.45) is 25.8. The number of methoxy groups -OCH3 is 1. The molecule has 0 unspecified atom stereocenters. The number of carbonyl (C=O) groups excluding carboxylic acids is 1. The van der Waals surface area contributed by atoms with Crippen LogP contribution in [0.4, 0.5) is 0 Å². The topological polar surface area (TPSA) is 45.3 Å². The quantitative estimate of drug-likeness (QED) is 0.118. The van der Waals surface area contributed by atoms with Gasteiger partial charge in [0, 0.05) is 45.3 Å². The summed E-state index contributed by atoms with van der Waals surface area (Å²) in [6, 6.07) is 6.09. The predicted octanol–water partition coefficient (Wildman–Crippen LogP) is 8.96. The first-order valence-electron chi connectivity index (χ1n) is 13.9. The number of carbonyl (C=O) groups is 1. The molecule has 0 bridgehead atoms. The molecule has 0 spiro atoms. The van der Waals surface area contributed by atoms with Gasteiger partial charge in [-0.05, 0) is 61.8 Å². The van der Waals surface area contributed by atoms with Gasteiger partial charge in [-0.3, -0.25) is 9.36 Å². The number of ether oxygens (including phenoxy) is 1. The second kappa shape index (κ2) is 17.9. The van der Waals surface area contributed by atoms with Crippen molar-refractivity contribution >= 4 is 16.8 Å². The maximum atomic E-state index is 13.1. The number of hydrogen-bond acceptors (Lipinski definition) is 2. The fourth-order valence-corrected chi connectivity index (χ4v) is 5.01. The van der Waals surface area contributed by atoms with E-state index in [1.54, 1.807) is 7.11 Å². The summed E-state index contributed by atoms with van der Waals surface area (Å²) in [6.45, 7) is 4.08. The van der Waals surface area contributed by atoms with Crippen molar-refractivity contribution in [3.05, 3.63) is 59.6 Å². The number of rotatable bonds is 15. The molecule has 0 radical (unpaired) electrons. The van der Waals surface area contributed by atoms with Crippen LogP contribution < -0.4 is 4.74 Å². The molecule has 194 valence electrons. The van der Waals surface area contributed by atoms with Crippen molar-refractivity contribution in [1.29, 1.82) is 0 Å². The number of fused-ring (bicyclic) bond motifs is 1. The van der Waals surface area contributed by atoms with Gasteiger partial charge in [0.15, 0.2) is 0 Å². The maximum Gasteiger partial charge on any atom is 0.231 e. The van der Waals surface area contributed by atoms with E-state index in [0.717, 1.165) is 61.8 Å². The normalized spacial score (nSPS) is 14.6. The van der Waals surface area contributed by atoms with Gasteiger partial charge in [0.05, 0.1) is 12.6 Å². The van der Waals surface area contributed by atoms with Gasteiger partial charge in [0.2, 0.25) is 5.91 Å². The number of benzene rings is 1. The van der Waals surface area contributed by atoms with Gasteiger partial charge >= 0.3 is 0 Å². The van der Waals surface area contributed by atoms with Crippen LogP contribution in [0.2, 0.25) is 0 Å². The van der Waals surface area contributed by atoms with Crippen molar-refractivity contribution in [2.45, 2.75) is 96.3 Å². The second-order valence-electron chi connectivity index (χ2n) is 9.83. The van der Waals surface area contributed by atoms with Crippen molar-refractivity contribution in [3.8, 4) is 5.75 Å². The maximum absolute atomic E-state index is 13.1. The minimum absolute atomic E-state index is 0. The van der Waals surface area contributed by atoms with E-state index in [2.05, 4.69) is 48.8 Å². The Hall–Kier alpha value is -1.41. The number of piperidine rings is 1. The fraction of sp³-hybridized carbons (Fsp3) is 0.581. The number of aromatic nitrogens is 1. The molecule has 1 aromatic heterocycles. The third-order valence-corrected chi connectivity index (χ3v) is 7.14. The summed E-state index contributed by atoms with van der Waals surface area (Å²) in [5.74, 6) is 1.53. The van der Waals surface area contributed by atoms with Crippen molar-refractivity contribution in [1.82, 2.24) is 4.57 Å². The number of allylic oxidation sites excluding steroid dienone is 4. The van der Waals surface area contributed by atoms with Gasteiger partial charge in [-0.1, -0.05) is 76.2 Å². The van der Waals surface area contributed by atoms with Crippen LogP contribution in [-0.4, -0.2) is 30.7 Å². The smallest absolute Gasteiger partial charge is 0.231 e. The van der Waals surface area contributed by atoms with Crippen molar-refractivity contribution < 1.29 is 36.8 Å². The molecule has 0 saturated carbocycles. The van der Waals surface area contributed by atoms with Crippen LogP contribution in [0.3, 0.4) is 0 Å². The first-order valence-corrected chi connectivity index (χ1v) is 13.9. The Morgan fingerprint density at radius 3 is 2.36 bits per heavy atom. The molecule has 4 nitrogen and oxygen atoms in total. The summed E-state index contributed by atoms with van der Waals surface area (Å²) in [7, 11) is 1.70. The standard InChI is InChI=1S/C31H45N2O2.Cd/c1-3-4-5-6-7-8-9-10-11-12-13-14-15-16-17-31(34)33-25-29(26-20-22-32-23-21-26)28-24-27(35-2)18-19-30(28)33;/h7-10,18-19,24-26H,3-6,11-17,20-23H2,1-2H3;/q-1;/b8-7-,10-9-;. The van der Waals surface area contributed by atoms with E-state index in [1.165, 1.54) is 50.5 Å². The van der Waals surface area contributed by atoms with Crippen molar-refractivity contribution in [2.75, 3.05) is 20.2 Å². The van der Waals surface area contributed by atoms with Crippen LogP contribution in [0.15, 0.2) is 48.7 Å². The van der Waals surface area contributed by atoms with Gasteiger partial charge in [0.25, 0.3) is 0 Å². The largest absolute Gasteiger partial charge is 0.662 e. The molecule has 1 saturated heterocycles. The Morgan fingerprint density at radius 2 is 1.67 bits per heavy atom. The van der Waals surface area contributed by atoms with E-state index >= 15 is 0 Å². The molecule has 1 aromatic carbocycles. The number of nitrogens with zero attached hydrogens (tertiary/aromatic N) is 2.